The van der Waals surface area contributed by atoms with Crippen LogP contribution in [0, 0.1) is 0 Å². The quantitative estimate of drug-likeness (QED) is 0.513. The number of carbonyl (C=O) groups excluding carboxylic acids is 1. The molecule has 27 heavy (non-hydrogen) atoms. The molecule has 0 aliphatic carbocycles. The van der Waals surface area contributed by atoms with Crippen molar-refractivity contribution in [2.75, 3.05) is 24.3 Å². The number of aromatic nitrogens is 1. The summed E-state index contributed by atoms with van der Waals surface area (Å²) < 4.78 is 6.86. The molecule has 4 nitrogen and oxygen atoms in total. The maximum atomic E-state index is 13.3. The van der Waals surface area contributed by atoms with Crippen molar-refractivity contribution < 1.29 is 9.53 Å². The normalized spacial score (nSPS) is 16.7. The average Bonchev–Trinajstić information content (AvgIpc) is 3.34. The van der Waals surface area contributed by atoms with Crippen molar-refractivity contribution in [1.82, 2.24) is 4.98 Å². The van der Waals surface area contributed by atoms with Crippen molar-refractivity contribution in [2.24, 2.45) is 0 Å². The van der Waals surface area contributed by atoms with Crippen LogP contribution in [-0.2, 0) is 4.74 Å². The zero-order valence-corrected chi connectivity index (χ0v) is 17.2. The maximum absolute atomic E-state index is 13.3. The second kappa shape index (κ2) is 8.19. The monoisotopic (exact) mass is 418 g/mol. The van der Waals surface area contributed by atoms with Crippen LogP contribution in [0.25, 0.3) is 10.2 Å². The number of amides is 1. The molecule has 0 radical (unpaired) electrons. The topological polar surface area (TPSA) is 42.4 Å². The van der Waals surface area contributed by atoms with Crippen molar-refractivity contribution in [3.8, 4) is 0 Å². The van der Waals surface area contributed by atoms with Gasteiger partial charge >= 0.3 is 0 Å². The number of benzene rings is 2. The molecule has 1 amide bonds. The van der Waals surface area contributed by atoms with Gasteiger partial charge in [-0.15, -0.1) is 11.8 Å². The second-order valence-electron chi connectivity index (χ2n) is 6.36. The first-order valence-corrected chi connectivity index (χ1v) is 11.2. The number of hydrogen-bond donors (Lipinski definition) is 0. The number of nitrogens with zero attached hydrogens (tertiary/aromatic N) is 2. The van der Waals surface area contributed by atoms with E-state index in [1.54, 1.807) is 40.9 Å². The number of ether oxygens (including phenoxy) is 1. The van der Waals surface area contributed by atoms with Gasteiger partial charge in [0.15, 0.2) is 5.13 Å². The molecule has 1 atom stereocenters. The van der Waals surface area contributed by atoms with Gasteiger partial charge in [0.1, 0.15) is 0 Å². The Balaban J connectivity index is 1.74. The fourth-order valence-electron chi connectivity index (χ4n) is 3.21. The van der Waals surface area contributed by atoms with Crippen LogP contribution < -0.4 is 4.90 Å². The molecule has 7 heteroatoms. The average molecular weight is 419 g/mol. The summed E-state index contributed by atoms with van der Waals surface area (Å²) in [5.41, 5.74) is 1.51. The molecule has 1 saturated heterocycles. The Bertz CT molecular complexity index is 970. The van der Waals surface area contributed by atoms with E-state index in [1.807, 2.05) is 18.4 Å². The van der Waals surface area contributed by atoms with E-state index in [9.17, 15) is 4.79 Å². The summed E-state index contributed by atoms with van der Waals surface area (Å²) in [6.07, 6.45) is 4.07. The van der Waals surface area contributed by atoms with E-state index in [1.165, 1.54) is 11.3 Å². The van der Waals surface area contributed by atoms with Crippen LogP contribution in [0.2, 0.25) is 5.02 Å². The van der Waals surface area contributed by atoms with Gasteiger partial charge in [-0.3, -0.25) is 9.69 Å². The molecule has 140 valence electrons. The summed E-state index contributed by atoms with van der Waals surface area (Å²) in [6, 6.07) is 13.2. The summed E-state index contributed by atoms with van der Waals surface area (Å²) in [4.78, 5) is 21.0. The SMILES string of the molecule is CSc1cccc2sc(N(C[C@@H]3CCCO3)C(=O)c3cccc(Cl)c3)nc12. The molecule has 1 aliphatic rings. The minimum absolute atomic E-state index is 0.0418. The van der Waals surface area contributed by atoms with Crippen LogP contribution in [0.3, 0.4) is 0 Å². The maximum Gasteiger partial charge on any atom is 0.260 e. The van der Waals surface area contributed by atoms with Crippen molar-refractivity contribution in [2.45, 2.75) is 23.8 Å². The lowest BCUT2D eigenvalue weighted by Gasteiger charge is -2.23. The van der Waals surface area contributed by atoms with Gasteiger partial charge in [-0.05, 0) is 49.4 Å². The Morgan fingerprint density at radius 2 is 2.22 bits per heavy atom. The number of rotatable bonds is 5. The van der Waals surface area contributed by atoms with Crippen LogP contribution in [0.5, 0.6) is 0 Å². The molecule has 2 aromatic carbocycles. The predicted octanol–water partition coefficient (Wildman–Crippen LogP) is 5.50. The molecule has 1 aliphatic heterocycles. The van der Waals surface area contributed by atoms with E-state index < -0.39 is 0 Å². The van der Waals surface area contributed by atoms with E-state index in [4.69, 9.17) is 21.3 Å². The van der Waals surface area contributed by atoms with Crippen LogP contribution in [0.4, 0.5) is 5.13 Å². The van der Waals surface area contributed by atoms with Gasteiger partial charge in [0, 0.05) is 22.1 Å². The molecular formula is C20H19ClN2O2S2. The number of hydrogen-bond acceptors (Lipinski definition) is 5. The molecule has 4 rings (SSSR count). The van der Waals surface area contributed by atoms with Gasteiger partial charge in [-0.2, -0.15) is 0 Å². The van der Waals surface area contributed by atoms with Gasteiger partial charge in [-0.1, -0.05) is 35.1 Å². The highest BCUT2D eigenvalue weighted by Crippen LogP contribution is 2.35. The number of anilines is 1. The lowest BCUT2D eigenvalue weighted by Crippen LogP contribution is -2.37. The predicted molar refractivity (Wildman–Crippen MR) is 114 cm³/mol. The zero-order valence-electron chi connectivity index (χ0n) is 14.9. The second-order valence-corrected chi connectivity index (χ2v) is 8.66. The standard InChI is InChI=1S/C20H19ClN2O2S2/c1-26-16-8-3-9-17-18(16)22-20(27-17)23(12-15-7-4-10-25-15)19(24)13-5-2-6-14(21)11-13/h2-3,5-6,8-9,11,15H,4,7,10,12H2,1H3/t15-/m0/s1. The summed E-state index contributed by atoms with van der Waals surface area (Å²) in [5.74, 6) is -0.0993. The van der Waals surface area contributed by atoms with Crippen LogP contribution in [0.1, 0.15) is 23.2 Å². The first kappa shape index (κ1) is 18.7. The highest BCUT2D eigenvalue weighted by atomic mass is 35.5. The Kier molecular flexibility index (Phi) is 5.68. The Morgan fingerprint density at radius 1 is 1.37 bits per heavy atom. The summed E-state index contributed by atoms with van der Waals surface area (Å²) >= 11 is 9.30. The number of fused-ring (bicyclic) bond motifs is 1. The van der Waals surface area contributed by atoms with Gasteiger partial charge in [-0.25, -0.2) is 4.98 Å². The van der Waals surface area contributed by atoms with Gasteiger partial charge in [0.2, 0.25) is 0 Å². The van der Waals surface area contributed by atoms with Gasteiger partial charge < -0.3 is 4.74 Å². The lowest BCUT2D eigenvalue weighted by molar-refractivity contribution is 0.0917. The molecule has 3 aromatic rings. The first-order chi connectivity index (χ1) is 13.2. The minimum Gasteiger partial charge on any atom is -0.376 e. The summed E-state index contributed by atoms with van der Waals surface area (Å²) in [6.45, 7) is 1.25. The van der Waals surface area contributed by atoms with Gasteiger partial charge in [0.25, 0.3) is 5.91 Å². The van der Waals surface area contributed by atoms with Crippen LogP contribution in [0.15, 0.2) is 47.4 Å². The van der Waals surface area contributed by atoms with Crippen molar-refractivity contribution in [1.29, 1.82) is 0 Å². The van der Waals surface area contributed by atoms with E-state index >= 15 is 0 Å². The highest BCUT2D eigenvalue weighted by Gasteiger charge is 2.27. The molecule has 1 aromatic heterocycles. The van der Waals surface area contributed by atoms with E-state index in [-0.39, 0.29) is 12.0 Å². The third-order valence-corrected chi connectivity index (χ3v) is 6.60. The molecule has 0 unspecified atom stereocenters. The van der Waals surface area contributed by atoms with E-state index in [0.29, 0.717) is 22.3 Å². The van der Waals surface area contributed by atoms with Crippen molar-refractivity contribution in [3.05, 3.63) is 53.1 Å². The molecule has 1 fully saturated rings. The number of thiazole rings is 1. The lowest BCUT2D eigenvalue weighted by atomic mass is 10.2. The Morgan fingerprint density at radius 3 is 2.96 bits per heavy atom. The Labute approximate surface area is 171 Å². The molecule has 0 N–H and O–H groups in total. The fraction of sp³-hybridized carbons (Fsp3) is 0.300. The molecule has 0 spiro atoms. The summed E-state index contributed by atoms with van der Waals surface area (Å²) in [5, 5.41) is 1.25. The van der Waals surface area contributed by atoms with Crippen LogP contribution >= 0.6 is 34.7 Å². The number of thioether (sulfide) groups is 1. The Hall–Kier alpha value is -1.60. The zero-order chi connectivity index (χ0) is 18.8. The number of para-hydroxylation sites is 1. The third-order valence-electron chi connectivity index (χ3n) is 4.55. The van der Waals surface area contributed by atoms with E-state index in [2.05, 4.69) is 6.07 Å². The number of halogens is 1. The third kappa shape index (κ3) is 3.99. The number of carbonyl (C=O) groups is 1. The largest absolute Gasteiger partial charge is 0.376 e. The fourth-order valence-corrected chi connectivity index (χ4v) is 5.03. The van der Waals surface area contributed by atoms with Crippen LogP contribution in [-0.4, -0.2) is 36.4 Å². The first-order valence-electron chi connectivity index (χ1n) is 8.78. The minimum atomic E-state index is -0.0993. The molecular weight excluding hydrogens is 400 g/mol. The molecule has 0 bridgehead atoms. The van der Waals surface area contributed by atoms with Crippen molar-refractivity contribution >= 4 is 56.0 Å². The highest BCUT2D eigenvalue weighted by molar-refractivity contribution is 7.98. The smallest absolute Gasteiger partial charge is 0.260 e. The molecule has 0 saturated carbocycles. The van der Waals surface area contributed by atoms with Gasteiger partial charge in [0.05, 0.1) is 22.9 Å². The molecule has 2 heterocycles. The van der Waals surface area contributed by atoms with E-state index in [0.717, 1.165) is 34.6 Å². The van der Waals surface area contributed by atoms with Crippen molar-refractivity contribution in [3.63, 3.8) is 0 Å². The summed E-state index contributed by atoms with van der Waals surface area (Å²) in [7, 11) is 0.